The highest BCUT2D eigenvalue weighted by molar-refractivity contribution is 6.01. The number of carbonyl (C=O) groups excluding carboxylic acids is 1. The average Bonchev–Trinajstić information content (AvgIpc) is 2.26. The van der Waals surface area contributed by atoms with Crippen LogP contribution in [-0.2, 0) is 0 Å². The van der Waals surface area contributed by atoms with Crippen molar-refractivity contribution in [3.8, 4) is 0 Å². The van der Waals surface area contributed by atoms with Crippen LogP contribution in [0, 0.1) is 6.92 Å². The molecule has 1 aromatic carbocycles. The second-order valence-corrected chi connectivity index (χ2v) is 3.53. The van der Waals surface area contributed by atoms with Gasteiger partial charge < -0.3 is 15.7 Å². The molecule has 0 aromatic heterocycles. The molecule has 0 saturated heterocycles. The van der Waals surface area contributed by atoms with Crippen LogP contribution in [0.1, 0.15) is 15.9 Å². The van der Waals surface area contributed by atoms with Gasteiger partial charge in [0.1, 0.15) is 0 Å². The molecule has 1 rings (SSSR count). The first-order valence-electron chi connectivity index (χ1n) is 5.07. The third-order valence-electron chi connectivity index (χ3n) is 2.15. The molecule has 0 aliphatic heterocycles. The monoisotopic (exact) mass is 258 g/mol. The molecule has 18 heavy (non-hydrogen) atoms. The van der Waals surface area contributed by atoms with Crippen LogP contribution >= 0.6 is 0 Å². The van der Waals surface area contributed by atoms with Crippen LogP contribution in [-0.4, -0.2) is 30.1 Å². The fourth-order valence-corrected chi connectivity index (χ4v) is 1.39. The minimum Gasteiger partial charge on any atom is -0.478 e. The highest BCUT2D eigenvalue weighted by Gasteiger charge is 2.15. The number of amides is 2. The summed E-state index contributed by atoms with van der Waals surface area (Å²) in [5.41, 5.74) is 0.466. The maximum Gasteiger partial charge on any atom is 0.338 e. The van der Waals surface area contributed by atoms with Gasteiger partial charge >= 0.3 is 12.0 Å². The van der Waals surface area contributed by atoms with Gasteiger partial charge in [0, 0.05) is 0 Å². The maximum atomic E-state index is 11.9. The second-order valence-electron chi connectivity index (χ2n) is 3.53. The largest absolute Gasteiger partial charge is 0.478 e. The number of halogens is 2. The molecule has 0 aliphatic carbocycles. The van der Waals surface area contributed by atoms with Gasteiger partial charge in [-0.1, -0.05) is 12.1 Å². The highest BCUT2D eigenvalue weighted by atomic mass is 19.3. The highest BCUT2D eigenvalue weighted by Crippen LogP contribution is 2.19. The number of carboxylic acids is 1. The van der Waals surface area contributed by atoms with Crippen LogP contribution in [0.5, 0.6) is 0 Å². The lowest BCUT2D eigenvalue weighted by Crippen LogP contribution is -2.33. The first-order valence-corrected chi connectivity index (χ1v) is 5.07. The van der Waals surface area contributed by atoms with E-state index in [9.17, 15) is 18.4 Å². The van der Waals surface area contributed by atoms with Crippen LogP contribution in [0.15, 0.2) is 18.2 Å². The van der Waals surface area contributed by atoms with Crippen molar-refractivity contribution < 1.29 is 23.5 Å². The molecule has 0 fully saturated rings. The number of anilines is 1. The third-order valence-corrected chi connectivity index (χ3v) is 2.15. The summed E-state index contributed by atoms with van der Waals surface area (Å²) in [7, 11) is 0. The first-order chi connectivity index (χ1) is 8.41. The predicted octanol–water partition coefficient (Wildman–Crippen LogP) is 2.08. The molecule has 0 radical (unpaired) electrons. The van der Waals surface area contributed by atoms with Gasteiger partial charge in [-0.3, -0.25) is 0 Å². The molecule has 98 valence electrons. The lowest BCUT2D eigenvalue weighted by atomic mass is 10.1. The average molecular weight is 258 g/mol. The Kier molecular flexibility index (Phi) is 4.59. The second kappa shape index (κ2) is 5.95. The lowest BCUT2D eigenvalue weighted by molar-refractivity contribution is 0.0697. The topological polar surface area (TPSA) is 78.4 Å². The van der Waals surface area contributed by atoms with Crippen molar-refractivity contribution in [2.45, 2.75) is 13.3 Å². The quantitative estimate of drug-likeness (QED) is 0.773. The summed E-state index contributed by atoms with van der Waals surface area (Å²) in [6.45, 7) is 0.783. The van der Waals surface area contributed by atoms with Gasteiger partial charge in [-0.05, 0) is 18.6 Å². The Morgan fingerprint density at radius 1 is 1.39 bits per heavy atom. The number of aryl methyl sites for hydroxylation is 1. The van der Waals surface area contributed by atoms with Crippen molar-refractivity contribution in [3.63, 3.8) is 0 Å². The van der Waals surface area contributed by atoms with Crippen molar-refractivity contribution >= 4 is 17.7 Å². The van der Waals surface area contributed by atoms with Gasteiger partial charge in [-0.15, -0.1) is 0 Å². The molecule has 0 saturated carbocycles. The number of benzene rings is 1. The molecule has 0 aliphatic rings. The molecule has 0 bridgehead atoms. The van der Waals surface area contributed by atoms with Gasteiger partial charge in [0.2, 0.25) is 0 Å². The minimum atomic E-state index is -2.66. The summed E-state index contributed by atoms with van der Waals surface area (Å²) >= 11 is 0. The zero-order valence-electron chi connectivity index (χ0n) is 9.54. The number of rotatable bonds is 4. The summed E-state index contributed by atoms with van der Waals surface area (Å²) in [5, 5.41) is 13.1. The number of carboxylic acid groups (broad SMARTS) is 1. The predicted molar refractivity (Wildman–Crippen MR) is 61.2 cm³/mol. The molecule has 5 nitrogen and oxygen atoms in total. The molecule has 2 amide bonds. The molecule has 0 spiro atoms. The molecule has 0 unspecified atom stereocenters. The molecular weight excluding hydrogens is 246 g/mol. The number of alkyl halides is 2. The molecular formula is C11H12F2N2O3. The van der Waals surface area contributed by atoms with Crippen molar-refractivity contribution in [3.05, 3.63) is 29.3 Å². The maximum absolute atomic E-state index is 11.9. The molecule has 3 N–H and O–H groups in total. The number of hydrogen-bond acceptors (Lipinski definition) is 2. The van der Waals surface area contributed by atoms with E-state index in [4.69, 9.17) is 5.11 Å². The normalized spacial score (nSPS) is 10.2. The Balaban J connectivity index is 2.81. The smallest absolute Gasteiger partial charge is 0.338 e. The van der Waals surface area contributed by atoms with E-state index in [1.165, 1.54) is 6.07 Å². The van der Waals surface area contributed by atoms with E-state index in [1.54, 1.807) is 19.1 Å². The number of hydrogen-bond donors (Lipinski definition) is 3. The van der Waals surface area contributed by atoms with Crippen molar-refractivity contribution in [2.75, 3.05) is 11.9 Å². The van der Waals surface area contributed by atoms with Gasteiger partial charge in [0.25, 0.3) is 6.43 Å². The molecule has 7 heteroatoms. The Morgan fingerprint density at radius 3 is 2.61 bits per heavy atom. The summed E-state index contributed by atoms with van der Waals surface area (Å²) in [6, 6.07) is 3.65. The fourth-order valence-electron chi connectivity index (χ4n) is 1.39. The van der Waals surface area contributed by atoms with Crippen LogP contribution < -0.4 is 10.6 Å². The Morgan fingerprint density at radius 2 is 2.06 bits per heavy atom. The standard InChI is InChI=1S/C11H12F2N2O3/c1-6-3-2-4-7(9(6)10(16)17)15-11(18)14-5-8(12)13/h2-4,8H,5H2,1H3,(H,16,17)(H2,14,15,18). The third kappa shape index (κ3) is 3.69. The Hall–Kier alpha value is -2.18. The van der Waals surface area contributed by atoms with E-state index in [0.29, 0.717) is 5.56 Å². The van der Waals surface area contributed by atoms with Gasteiger partial charge in [0.05, 0.1) is 17.8 Å². The fraction of sp³-hybridized carbons (Fsp3) is 0.273. The van der Waals surface area contributed by atoms with Crippen LogP contribution in [0.25, 0.3) is 0 Å². The van der Waals surface area contributed by atoms with E-state index < -0.39 is 25.0 Å². The summed E-state index contributed by atoms with van der Waals surface area (Å²) in [4.78, 5) is 22.3. The lowest BCUT2D eigenvalue weighted by Gasteiger charge is -2.11. The number of nitrogens with one attached hydrogen (secondary N) is 2. The summed E-state index contributed by atoms with van der Waals surface area (Å²) in [5.74, 6) is -1.20. The first kappa shape index (κ1) is 13.9. The van der Waals surface area contributed by atoms with Gasteiger partial charge in [-0.25, -0.2) is 18.4 Å². The van der Waals surface area contributed by atoms with E-state index in [2.05, 4.69) is 5.32 Å². The number of aromatic carboxylic acids is 1. The molecule has 0 atom stereocenters. The Labute approximate surface area is 102 Å². The van der Waals surface area contributed by atoms with Gasteiger partial charge in [0.15, 0.2) is 0 Å². The Bertz CT molecular complexity index is 464. The zero-order valence-corrected chi connectivity index (χ0v) is 9.54. The van der Waals surface area contributed by atoms with E-state index >= 15 is 0 Å². The van der Waals surface area contributed by atoms with Crippen molar-refractivity contribution in [1.29, 1.82) is 0 Å². The number of urea groups is 1. The number of carbonyl (C=O) groups is 2. The van der Waals surface area contributed by atoms with Crippen molar-refractivity contribution in [1.82, 2.24) is 5.32 Å². The van der Waals surface area contributed by atoms with Gasteiger partial charge in [-0.2, -0.15) is 0 Å². The van der Waals surface area contributed by atoms with Crippen molar-refractivity contribution in [2.24, 2.45) is 0 Å². The SMILES string of the molecule is Cc1cccc(NC(=O)NCC(F)F)c1C(=O)O. The summed E-state index contributed by atoms with van der Waals surface area (Å²) < 4.78 is 23.7. The van der Waals surface area contributed by atoms with Crippen LogP contribution in [0.2, 0.25) is 0 Å². The molecule has 1 aromatic rings. The molecule has 0 heterocycles. The summed E-state index contributed by atoms with van der Waals surface area (Å²) in [6.07, 6.45) is -2.66. The minimum absolute atomic E-state index is 0.0641. The van der Waals surface area contributed by atoms with E-state index in [-0.39, 0.29) is 11.3 Å². The van der Waals surface area contributed by atoms with E-state index in [0.717, 1.165) is 0 Å². The van der Waals surface area contributed by atoms with E-state index in [1.807, 2.05) is 5.32 Å². The van der Waals surface area contributed by atoms with Crippen LogP contribution in [0.4, 0.5) is 19.3 Å². The zero-order chi connectivity index (χ0) is 13.7. The van der Waals surface area contributed by atoms with Crippen LogP contribution in [0.3, 0.4) is 0 Å².